The maximum absolute atomic E-state index is 13.1. The molecule has 0 unspecified atom stereocenters. The Hall–Kier alpha value is -1.83. The molecule has 1 aromatic rings. The molecule has 2 N–H and O–H groups in total. The van der Waals surface area contributed by atoms with E-state index in [1.54, 1.807) is 18.2 Å². The molecule has 2 atom stereocenters. The van der Waals surface area contributed by atoms with Crippen molar-refractivity contribution in [3.63, 3.8) is 0 Å². The Morgan fingerprint density at radius 1 is 1.29 bits per heavy atom. The SMILES string of the molecule is CCN1CCC2(CC1)OCC[C@](C)(NC(=O)c1cccc(OC)c1OC)[C@H]2O. The lowest BCUT2D eigenvalue weighted by Crippen LogP contribution is -2.69. The number of methoxy groups -OCH3 is 2. The lowest BCUT2D eigenvalue weighted by molar-refractivity contribution is -0.205. The normalized spacial score (nSPS) is 27.4. The first-order valence-electron chi connectivity index (χ1n) is 9.97. The molecular weight excluding hydrogens is 360 g/mol. The van der Waals surface area contributed by atoms with Gasteiger partial charge in [0.2, 0.25) is 0 Å². The summed E-state index contributed by atoms with van der Waals surface area (Å²) in [7, 11) is 3.05. The van der Waals surface area contributed by atoms with Crippen LogP contribution in [0.2, 0.25) is 0 Å². The summed E-state index contributed by atoms with van der Waals surface area (Å²) in [5.41, 5.74) is -1.00. The van der Waals surface area contributed by atoms with Crippen molar-refractivity contribution in [1.82, 2.24) is 10.2 Å². The second-order valence-electron chi connectivity index (χ2n) is 7.91. The van der Waals surface area contributed by atoms with Crippen LogP contribution in [0.4, 0.5) is 0 Å². The van der Waals surface area contributed by atoms with Crippen molar-refractivity contribution >= 4 is 5.91 Å². The summed E-state index contributed by atoms with van der Waals surface area (Å²) < 4.78 is 16.8. The zero-order valence-electron chi connectivity index (χ0n) is 17.3. The predicted octanol–water partition coefficient (Wildman–Crippen LogP) is 1.83. The number of piperidine rings is 1. The van der Waals surface area contributed by atoms with Crippen LogP contribution in [-0.4, -0.2) is 73.6 Å². The molecule has 0 saturated carbocycles. The van der Waals surface area contributed by atoms with Gasteiger partial charge in [0.15, 0.2) is 11.5 Å². The zero-order chi connectivity index (χ0) is 20.4. The molecule has 1 spiro atoms. The van der Waals surface area contributed by atoms with Crippen LogP contribution < -0.4 is 14.8 Å². The second-order valence-corrected chi connectivity index (χ2v) is 7.91. The van der Waals surface area contributed by atoms with Gasteiger partial charge in [-0.3, -0.25) is 4.79 Å². The van der Waals surface area contributed by atoms with E-state index in [1.165, 1.54) is 14.2 Å². The third-order valence-electron chi connectivity index (χ3n) is 6.31. The van der Waals surface area contributed by atoms with Gasteiger partial charge in [-0.15, -0.1) is 0 Å². The molecule has 1 amide bonds. The van der Waals surface area contributed by atoms with Crippen LogP contribution in [0.1, 0.15) is 43.5 Å². The Kier molecular flexibility index (Phi) is 6.17. The van der Waals surface area contributed by atoms with Gasteiger partial charge in [-0.05, 0) is 44.9 Å². The van der Waals surface area contributed by atoms with Crippen LogP contribution in [-0.2, 0) is 4.74 Å². The van der Waals surface area contributed by atoms with E-state index < -0.39 is 17.2 Å². The minimum atomic E-state index is -0.784. The van der Waals surface area contributed by atoms with Crippen molar-refractivity contribution in [2.45, 2.75) is 50.4 Å². The number of hydrogen-bond acceptors (Lipinski definition) is 6. The maximum atomic E-state index is 13.1. The fourth-order valence-corrected chi connectivity index (χ4v) is 4.45. The minimum absolute atomic E-state index is 0.291. The number of benzene rings is 1. The van der Waals surface area contributed by atoms with Gasteiger partial charge in [-0.2, -0.15) is 0 Å². The number of nitrogens with one attached hydrogen (secondary N) is 1. The quantitative estimate of drug-likeness (QED) is 0.796. The van der Waals surface area contributed by atoms with E-state index in [0.29, 0.717) is 30.1 Å². The number of aliphatic hydroxyl groups is 1. The lowest BCUT2D eigenvalue weighted by Gasteiger charge is -2.53. The van der Waals surface area contributed by atoms with Gasteiger partial charge in [0.25, 0.3) is 5.91 Å². The topological polar surface area (TPSA) is 80.3 Å². The molecule has 0 bridgehead atoms. The summed E-state index contributed by atoms with van der Waals surface area (Å²) in [6.07, 6.45) is 1.28. The molecule has 156 valence electrons. The van der Waals surface area contributed by atoms with E-state index in [4.69, 9.17) is 14.2 Å². The number of para-hydroxylation sites is 1. The van der Waals surface area contributed by atoms with Gasteiger partial charge < -0.3 is 29.5 Å². The molecule has 2 fully saturated rings. The van der Waals surface area contributed by atoms with Crippen LogP contribution in [0.15, 0.2) is 18.2 Å². The van der Waals surface area contributed by atoms with Crippen molar-refractivity contribution in [3.05, 3.63) is 23.8 Å². The predicted molar refractivity (Wildman–Crippen MR) is 106 cm³/mol. The number of aliphatic hydroxyl groups excluding tert-OH is 1. The second kappa shape index (κ2) is 8.27. The van der Waals surface area contributed by atoms with E-state index in [-0.39, 0.29) is 5.91 Å². The van der Waals surface area contributed by atoms with E-state index in [2.05, 4.69) is 17.1 Å². The number of carbonyl (C=O) groups is 1. The van der Waals surface area contributed by atoms with Gasteiger partial charge in [0, 0.05) is 19.7 Å². The first kappa shape index (κ1) is 20.9. The van der Waals surface area contributed by atoms with Gasteiger partial charge >= 0.3 is 0 Å². The standard InChI is InChI=1S/C21H32N2O5/c1-5-23-12-9-21(10-13-23)19(25)20(2,11-14-28-21)22-18(24)15-7-6-8-16(26-3)17(15)27-4/h6-8,19,25H,5,9-14H2,1-4H3,(H,22,24)/t19-,20+/m1/s1. The molecule has 0 aliphatic carbocycles. The van der Waals surface area contributed by atoms with E-state index in [1.807, 2.05) is 6.92 Å². The van der Waals surface area contributed by atoms with Crippen molar-refractivity contribution in [2.24, 2.45) is 0 Å². The third kappa shape index (κ3) is 3.71. The minimum Gasteiger partial charge on any atom is -0.493 e. The van der Waals surface area contributed by atoms with Crippen LogP contribution in [0.25, 0.3) is 0 Å². The van der Waals surface area contributed by atoms with Crippen LogP contribution in [0.5, 0.6) is 11.5 Å². The van der Waals surface area contributed by atoms with Crippen molar-refractivity contribution in [2.75, 3.05) is 40.5 Å². The molecule has 28 heavy (non-hydrogen) atoms. The highest BCUT2D eigenvalue weighted by atomic mass is 16.5. The van der Waals surface area contributed by atoms with E-state index >= 15 is 0 Å². The number of carbonyl (C=O) groups excluding carboxylic acids is 1. The first-order valence-corrected chi connectivity index (χ1v) is 9.97. The molecule has 0 aromatic heterocycles. The smallest absolute Gasteiger partial charge is 0.255 e. The van der Waals surface area contributed by atoms with Gasteiger partial charge in [-0.25, -0.2) is 0 Å². The average Bonchev–Trinajstić information content (AvgIpc) is 2.72. The Labute approximate surface area is 166 Å². The molecule has 2 saturated heterocycles. The number of ether oxygens (including phenoxy) is 3. The van der Waals surface area contributed by atoms with Crippen LogP contribution >= 0.6 is 0 Å². The van der Waals surface area contributed by atoms with Crippen molar-refractivity contribution < 1.29 is 24.1 Å². The third-order valence-corrected chi connectivity index (χ3v) is 6.31. The number of amides is 1. The summed E-state index contributed by atoms with van der Waals surface area (Å²) in [4.78, 5) is 15.4. The summed E-state index contributed by atoms with van der Waals surface area (Å²) >= 11 is 0. The zero-order valence-corrected chi connectivity index (χ0v) is 17.3. The summed E-state index contributed by atoms with van der Waals surface area (Å²) in [6.45, 7) is 7.33. The molecule has 7 heteroatoms. The van der Waals surface area contributed by atoms with Crippen molar-refractivity contribution in [3.8, 4) is 11.5 Å². The van der Waals surface area contributed by atoms with Gasteiger partial charge in [-0.1, -0.05) is 13.0 Å². The van der Waals surface area contributed by atoms with E-state index in [9.17, 15) is 9.90 Å². The number of rotatable bonds is 5. The van der Waals surface area contributed by atoms with Gasteiger partial charge in [0.05, 0.1) is 30.9 Å². The molecule has 3 rings (SSSR count). The summed E-state index contributed by atoms with van der Waals surface area (Å²) in [5, 5.41) is 14.3. The highest BCUT2D eigenvalue weighted by molar-refractivity contribution is 5.98. The monoisotopic (exact) mass is 392 g/mol. The average molecular weight is 392 g/mol. The van der Waals surface area contributed by atoms with Crippen LogP contribution in [0.3, 0.4) is 0 Å². The maximum Gasteiger partial charge on any atom is 0.255 e. The molecule has 1 aromatic carbocycles. The lowest BCUT2D eigenvalue weighted by atomic mass is 9.73. The Bertz CT molecular complexity index is 702. The van der Waals surface area contributed by atoms with Gasteiger partial charge in [0.1, 0.15) is 6.10 Å². The Balaban J connectivity index is 1.80. The van der Waals surface area contributed by atoms with Crippen LogP contribution in [0, 0.1) is 0 Å². The fourth-order valence-electron chi connectivity index (χ4n) is 4.45. The van der Waals surface area contributed by atoms with E-state index in [0.717, 1.165) is 32.5 Å². The number of nitrogens with zero attached hydrogens (tertiary/aromatic N) is 1. The molecule has 7 nitrogen and oxygen atoms in total. The summed E-state index contributed by atoms with van der Waals surface area (Å²) in [6, 6.07) is 5.19. The molecular formula is C21H32N2O5. The molecule has 2 aliphatic heterocycles. The summed E-state index contributed by atoms with van der Waals surface area (Å²) in [5.74, 6) is 0.593. The molecule has 2 heterocycles. The number of likely N-dealkylation sites (tertiary alicyclic amines) is 1. The highest BCUT2D eigenvalue weighted by Gasteiger charge is 2.53. The molecule has 0 radical (unpaired) electrons. The largest absolute Gasteiger partial charge is 0.493 e. The Morgan fingerprint density at radius 3 is 2.61 bits per heavy atom. The first-order chi connectivity index (χ1) is 13.4. The van der Waals surface area contributed by atoms with Crippen molar-refractivity contribution in [1.29, 1.82) is 0 Å². The molecule has 2 aliphatic rings. The fraction of sp³-hybridized carbons (Fsp3) is 0.667. The highest BCUT2D eigenvalue weighted by Crippen LogP contribution is 2.40. The Morgan fingerprint density at radius 2 is 2.00 bits per heavy atom. The number of hydrogen-bond donors (Lipinski definition) is 2.